The zero-order valence-electron chi connectivity index (χ0n) is 13.3. The van der Waals surface area contributed by atoms with Crippen LogP contribution in [0.5, 0.6) is 0 Å². The Labute approximate surface area is 136 Å². The third-order valence-corrected chi connectivity index (χ3v) is 4.58. The summed E-state index contributed by atoms with van der Waals surface area (Å²) in [5, 5.41) is 8.56. The summed E-state index contributed by atoms with van der Waals surface area (Å²) >= 11 is 1.76. The van der Waals surface area contributed by atoms with Gasteiger partial charge < -0.3 is 15.5 Å². The van der Waals surface area contributed by atoms with Crippen LogP contribution >= 0.6 is 11.3 Å². The number of hydrogen-bond acceptors (Lipinski definition) is 3. The molecule has 0 radical (unpaired) electrons. The SMILES string of the molecule is CCNC(=NCCc1cccs1)NCCC(=O)N1CCCC1. The van der Waals surface area contributed by atoms with Gasteiger partial charge in [-0.05, 0) is 31.2 Å². The Morgan fingerprint density at radius 2 is 2.18 bits per heavy atom. The predicted octanol–water partition coefficient (Wildman–Crippen LogP) is 1.86. The molecule has 1 aromatic rings. The molecule has 2 rings (SSSR count). The minimum absolute atomic E-state index is 0.249. The second-order valence-electron chi connectivity index (χ2n) is 5.35. The summed E-state index contributed by atoms with van der Waals surface area (Å²) in [5.41, 5.74) is 0. The van der Waals surface area contributed by atoms with Crippen LogP contribution in [0.1, 0.15) is 31.1 Å². The first-order valence-electron chi connectivity index (χ1n) is 8.12. The molecule has 1 aromatic heterocycles. The maximum absolute atomic E-state index is 12.0. The molecule has 122 valence electrons. The summed E-state index contributed by atoms with van der Waals surface area (Å²) in [6.07, 6.45) is 3.79. The van der Waals surface area contributed by atoms with Crippen molar-refractivity contribution in [2.45, 2.75) is 32.6 Å². The lowest BCUT2D eigenvalue weighted by Crippen LogP contribution is -2.39. The largest absolute Gasteiger partial charge is 0.357 e. The first-order valence-corrected chi connectivity index (χ1v) is 9.00. The van der Waals surface area contributed by atoms with Crippen molar-refractivity contribution in [1.29, 1.82) is 0 Å². The average Bonchev–Trinajstić information content (AvgIpc) is 3.20. The van der Waals surface area contributed by atoms with Gasteiger partial charge in [-0.3, -0.25) is 9.79 Å². The number of nitrogens with one attached hydrogen (secondary N) is 2. The van der Waals surface area contributed by atoms with Crippen LogP contribution in [0.3, 0.4) is 0 Å². The molecular formula is C16H26N4OS. The second kappa shape index (κ2) is 9.46. The summed E-state index contributed by atoms with van der Waals surface area (Å²) in [4.78, 5) is 19.9. The van der Waals surface area contributed by atoms with E-state index in [2.05, 4.69) is 33.1 Å². The molecular weight excluding hydrogens is 296 g/mol. The van der Waals surface area contributed by atoms with Crippen LogP contribution in [0.25, 0.3) is 0 Å². The number of thiophene rings is 1. The fraction of sp³-hybridized carbons (Fsp3) is 0.625. The van der Waals surface area contributed by atoms with E-state index in [0.717, 1.165) is 51.4 Å². The zero-order chi connectivity index (χ0) is 15.6. The molecule has 2 heterocycles. The number of carbonyl (C=O) groups is 1. The predicted molar refractivity (Wildman–Crippen MR) is 92.4 cm³/mol. The number of guanidine groups is 1. The molecule has 1 saturated heterocycles. The van der Waals surface area contributed by atoms with Crippen molar-refractivity contribution in [1.82, 2.24) is 15.5 Å². The Morgan fingerprint density at radius 3 is 2.86 bits per heavy atom. The van der Waals surface area contributed by atoms with Gasteiger partial charge in [0, 0.05) is 50.4 Å². The molecule has 0 unspecified atom stereocenters. The monoisotopic (exact) mass is 322 g/mol. The van der Waals surface area contributed by atoms with Crippen molar-refractivity contribution in [3.63, 3.8) is 0 Å². The molecule has 1 fully saturated rings. The van der Waals surface area contributed by atoms with Gasteiger partial charge >= 0.3 is 0 Å². The maximum atomic E-state index is 12.0. The number of likely N-dealkylation sites (tertiary alicyclic amines) is 1. The van der Waals surface area contributed by atoms with E-state index < -0.39 is 0 Å². The highest BCUT2D eigenvalue weighted by molar-refractivity contribution is 7.09. The molecule has 0 aromatic carbocycles. The zero-order valence-corrected chi connectivity index (χ0v) is 14.1. The lowest BCUT2D eigenvalue weighted by molar-refractivity contribution is -0.129. The van der Waals surface area contributed by atoms with Crippen molar-refractivity contribution in [2.75, 3.05) is 32.7 Å². The van der Waals surface area contributed by atoms with Gasteiger partial charge in [0.05, 0.1) is 0 Å². The Balaban J connectivity index is 1.69. The van der Waals surface area contributed by atoms with E-state index in [1.165, 1.54) is 4.88 Å². The molecule has 5 nitrogen and oxygen atoms in total. The molecule has 1 amide bonds. The molecule has 6 heteroatoms. The highest BCUT2D eigenvalue weighted by Crippen LogP contribution is 2.09. The summed E-state index contributed by atoms with van der Waals surface area (Å²) in [5.74, 6) is 1.05. The van der Waals surface area contributed by atoms with Crippen LogP contribution in [-0.4, -0.2) is 49.5 Å². The molecule has 1 aliphatic heterocycles. The molecule has 0 atom stereocenters. The Morgan fingerprint density at radius 1 is 1.36 bits per heavy atom. The first kappa shape index (κ1) is 16.8. The number of hydrogen-bond donors (Lipinski definition) is 2. The van der Waals surface area contributed by atoms with Crippen LogP contribution in [0.2, 0.25) is 0 Å². The molecule has 0 saturated carbocycles. The van der Waals surface area contributed by atoms with E-state index in [1.54, 1.807) is 11.3 Å². The molecule has 2 N–H and O–H groups in total. The van der Waals surface area contributed by atoms with Crippen molar-refractivity contribution in [2.24, 2.45) is 4.99 Å². The molecule has 1 aliphatic rings. The summed E-state index contributed by atoms with van der Waals surface area (Å²) in [6.45, 7) is 6.12. The van der Waals surface area contributed by atoms with Gasteiger partial charge in [0.1, 0.15) is 0 Å². The van der Waals surface area contributed by atoms with Crippen molar-refractivity contribution < 1.29 is 4.79 Å². The lowest BCUT2D eigenvalue weighted by atomic mass is 10.3. The van der Waals surface area contributed by atoms with E-state index in [0.29, 0.717) is 13.0 Å². The summed E-state index contributed by atoms with van der Waals surface area (Å²) < 4.78 is 0. The number of nitrogens with zero attached hydrogens (tertiary/aromatic N) is 2. The van der Waals surface area contributed by atoms with Gasteiger partial charge in [0.15, 0.2) is 5.96 Å². The van der Waals surface area contributed by atoms with E-state index in [-0.39, 0.29) is 5.91 Å². The van der Waals surface area contributed by atoms with Crippen LogP contribution in [0.4, 0.5) is 0 Å². The van der Waals surface area contributed by atoms with Crippen LogP contribution in [-0.2, 0) is 11.2 Å². The molecule has 0 aliphatic carbocycles. The quantitative estimate of drug-likeness (QED) is 0.595. The van der Waals surface area contributed by atoms with E-state index in [9.17, 15) is 4.79 Å². The molecule has 22 heavy (non-hydrogen) atoms. The van der Waals surface area contributed by atoms with Gasteiger partial charge in [-0.25, -0.2) is 0 Å². The number of amides is 1. The number of carbonyl (C=O) groups excluding carboxylic acids is 1. The van der Waals surface area contributed by atoms with Crippen molar-refractivity contribution >= 4 is 23.2 Å². The van der Waals surface area contributed by atoms with Crippen molar-refractivity contribution in [3.05, 3.63) is 22.4 Å². The average molecular weight is 322 g/mol. The Bertz CT molecular complexity index is 467. The molecule has 0 spiro atoms. The Hall–Kier alpha value is -1.56. The third kappa shape index (κ3) is 5.67. The fourth-order valence-corrected chi connectivity index (χ4v) is 3.19. The maximum Gasteiger partial charge on any atom is 0.224 e. The lowest BCUT2D eigenvalue weighted by Gasteiger charge is -2.16. The molecule has 0 bridgehead atoms. The first-order chi connectivity index (χ1) is 10.8. The summed E-state index contributed by atoms with van der Waals surface area (Å²) in [6, 6.07) is 4.20. The smallest absolute Gasteiger partial charge is 0.224 e. The third-order valence-electron chi connectivity index (χ3n) is 3.64. The van der Waals surface area contributed by atoms with Crippen LogP contribution < -0.4 is 10.6 Å². The van der Waals surface area contributed by atoms with Gasteiger partial charge in [-0.1, -0.05) is 6.07 Å². The highest BCUT2D eigenvalue weighted by Gasteiger charge is 2.17. The topological polar surface area (TPSA) is 56.7 Å². The highest BCUT2D eigenvalue weighted by atomic mass is 32.1. The second-order valence-corrected chi connectivity index (χ2v) is 6.39. The minimum atomic E-state index is 0.249. The standard InChI is InChI=1S/C16H26N4OS/c1-2-17-16(18-9-7-14-6-5-13-22-14)19-10-8-15(21)20-11-3-4-12-20/h5-6,13H,2-4,7-12H2,1H3,(H2,17,18,19). The van der Waals surface area contributed by atoms with Gasteiger partial charge in [0.2, 0.25) is 5.91 Å². The van der Waals surface area contributed by atoms with Gasteiger partial charge in [-0.2, -0.15) is 0 Å². The minimum Gasteiger partial charge on any atom is -0.357 e. The van der Waals surface area contributed by atoms with E-state index in [1.807, 2.05) is 11.8 Å². The summed E-state index contributed by atoms with van der Waals surface area (Å²) in [7, 11) is 0. The number of rotatable bonds is 7. The Kier molecular flexibility index (Phi) is 7.22. The van der Waals surface area contributed by atoms with E-state index >= 15 is 0 Å². The van der Waals surface area contributed by atoms with Crippen molar-refractivity contribution in [3.8, 4) is 0 Å². The fourth-order valence-electron chi connectivity index (χ4n) is 2.49. The van der Waals surface area contributed by atoms with Crippen LogP contribution in [0.15, 0.2) is 22.5 Å². The van der Waals surface area contributed by atoms with Gasteiger partial charge in [-0.15, -0.1) is 11.3 Å². The number of aliphatic imine (C=N–C) groups is 1. The van der Waals surface area contributed by atoms with Gasteiger partial charge in [0.25, 0.3) is 0 Å². The van der Waals surface area contributed by atoms with Crippen LogP contribution in [0, 0.1) is 0 Å². The van der Waals surface area contributed by atoms with E-state index in [4.69, 9.17) is 0 Å². The normalized spacial score (nSPS) is 15.1.